The molecule has 0 aromatic heterocycles. The molecule has 0 aromatic carbocycles. The van der Waals surface area contributed by atoms with Crippen molar-refractivity contribution in [2.45, 2.75) is 70.2 Å². The van der Waals surface area contributed by atoms with Crippen LogP contribution in [0.5, 0.6) is 0 Å². The van der Waals surface area contributed by atoms with Gasteiger partial charge in [-0.2, -0.15) is 11.8 Å². The maximum absolute atomic E-state index is 11.8. The minimum Gasteiger partial charge on any atom is -0.351 e. The Bertz CT molecular complexity index is 288. The standard InChI is InChI=1S/C15H30N2OS/c1-6-19-13-8-7-12(11-13)17(5)10-9-14(18)16-15(2,3)4/h12-13H,6-11H2,1-5H3,(H,16,18)/t12-,13-/m1/s1. The summed E-state index contributed by atoms with van der Waals surface area (Å²) in [6.07, 6.45) is 4.52. The Kier molecular flexibility index (Phi) is 6.67. The van der Waals surface area contributed by atoms with Crippen molar-refractivity contribution in [1.29, 1.82) is 0 Å². The molecule has 1 aliphatic carbocycles. The molecule has 2 atom stereocenters. The summed E-state index contributed by atoms with van der Waals surface area (Å²) in [6.45, 7) is 9.18. The lowest BCUT2D eigenvalue weighted by atomic mass is 10.1. The number of hydrogen-bond acceptors (Lipinski definition) is 3. The minimum absolute atomic E-state index is 0.119. The zero-order chi connectivity index (χ0) is 14.5. The van der Waals surface area contributed by atoms with Crippen molar-refractivity contribution in [3.63, 3.8) is 0 Å². The van der Waals surface area contributed by atoms with Gasteiger partial charge in [-0.25, -0.2) is 0 Å². The third-order valence-electron chi connectivity index (χ3n) is 3.59. The van der Waals surface area contributed by atoms with Crippen LogP contribution in [0.4, 0.5) is 0 Å². The Balaban J connectivity index is 2.25. The SMILES string of the molecule is CCS[C@@H]1CC[C@@H](N(C)CCC(=O)NC(C)(C)C)C1. The van der Waals surface area contributed by atoms with Gasteiger partial charge in [-0.05, 0) is 52.8 Å². The average molecular weight is 286 g/mol. The van der Waals surface area contributed by atoms with E-state index in [2.05, 4.69) is 35.9 Å². The van der Waals surface area contributed by atoms with Crippen LogP contribution in [0.25, 0.3) is 0 Å². The van der Waals surface area contributed by atoms with E-state index in [1.54, 1.807) is 0 Å². The molecule has 0 spiro atoms. The van der Waals surface area contributed by atoms with E-state index in [-0.39, 0.29) is 11.4 Å². The Morgan fingerprint density at radius 2 is 2.05 bits per heavy atom. The van der Waals surface area contributed by atoms with Crippen molar-refractivity contribution in [1.82, 2.24) is 10.2 Å². The summed E-state index contributed by atoms with van der Waals surface area (Å²) in [5, 5.41) is 3.86. The highest BCUT2D eigenvalue weighted by atomic mass is 32.2. The zero-order valence-corrected chi connectivity index (χ0v) is 14.0. The first-order valence-electron chi connectivity index (χ1n) is 7.44. The van der Waals surface area contributed by atoms with Crippen LogP contribution in [0.2, 0.25) is 0 Å². The topological polar surface area (TPSA) is 32.3 Å². The van der Waals surface area contributed by atoms with Gasteiger partial charge < -0.3 is 10.2 Å². The van der Waals surface area contributed by atoms with Gasteiger partial charge in [0.2, 0.25) is 5.91 Å². The summed E-state index contributed by atoms with van der Waals surface area (Å²) in [5.74, 6) is 1.38. The van der Waals surface area contributed by atoms with Crippen LogP contribution >= 0.6 is 11.8 Å². The molecule has 0 bridgehead atoms. The quantitative estimate of drug-likeness (QED) is 0.815. The van der Waals surface area contributed by atoms with E-state index >= 15 is 0 Å². The summed E-state index contributed by atoms with van der Waals surface area (Å²) < 4.78 is 0. The monoisotopic (exact) mass is 286 g/mol. The fraction of sp³-hybridized carbons (Fsp3) is 0.933. The normalized spacial score (nSPS) is 23.9. The summed E-state index contributed by atoms with van der Waals surface area (Å²) in [7, 11) is 2.16. The summed E-state index contributed by atoms with van der Waals surface area (Å²) in [5.41, 5.74) is -0.119. The van der Waals surface area contributed by atoms with Crippen molar-refractivity contribution in [2.24, 2.45) is 0 Å². The molecule has 1 N–H and O–H groups in total. The molecular weight excluding hydrogens is 256 g/mol. The molecule has 112 valence electrons. The highest BCUT2D eigenvalue weighted by Crippen LogP contribution is 2.32. The summed E-state index contributed by atoms with van der Waals surface area (Å²) in [6, 6.07) is 0.673. The first kappa shape index (κ1) is 16.8. The molecule has 1 fully saturated rings. The van der Waals surface area contributed by atoms with E-state index < -0.39 is 0 Å². The largest absolute Gasteiger partial charge is 0.351 e. The fourth-order valence-corrected chi connectivity index (χ4v) is 3.78. The van der Waals surface area contributed by atoms with Gasteiger partial charge in [0.15, 0.2) is 0 Å². The summed E-state index contributed by atoms with van der Waals surface area (Å²) in [4.78, 5) is 14.2. The lowest BCUT2D eigenvalue weighted by Gasteiger charge is -2.25. The van der Waals surface area contributed by atoms with Gasteiger partial charge >= 0.3 is 0 Å². The highest BCUT2D eigenvalue weighted by molar-refractivity contribution is 7.99. The van der Waals surface area contributed by atoms with Gasteiger partial charge in [-0.15, -0.1) is 0 Å². The predicted molar refractivity (Wildman–Crippen MR) is 84.7 cm³/mol. The van der Waals surface area contributed by atoms with Crippen LogP contribution in [0.15, 0.2) is 0 Å². The zero-order valence-electron chi connectivity index (χ0n) is 13.2. The predicted octanol–water partition coefficient (Wildman–Crippen LogP) is 2.90. The molecule has 1 amide bonds. The third-order valence-corrected chi connectivity index (χ3v) is 4.82. The molecule has 1 aliphatic rings. The number of carbonyl (C=O) groups is 1. The minimum atomic E-state index is -0.119. The van der Waals surface area contributed by atoms with Gasteiger partial charge in [0.05, 0.1) is 0 Å². The number of amides is 1. The average Bonchev–Trinajstić information content (AvgIpc) is 2.73. The van der Waals surface area contributed by atoms with Crippen molar-refractivity contribution < 1.29 is 4.79 Å². The second-order valence-electron chi connectivity index (χ2n) is 6.57. The first-order valence-corrected chi connectivity index (χ1v) is 8.49. The van der Waals surface area contributed by atoms with Crippen molar-refractivity contribution in [2.75, 3.05) is 19.3 Å². The second-order valence-corrected chi connectivity index (χ2v) is 8.15. The van der Waals surface area contributed by atoms with E-state index in [0.29, 0.717) is 12.5 Å². The Morgan fingerprint density at radius 3 is 2.63 bits per heavy atom. The van der Waals surface area contributed by atoms with E-state index in [4.69, 9.17) is 0 Å². The van der Waals surface area contributed by atoms with Crippen LogP contribution in [0.1, 0.15) is 53.4 Å². The maximum atomic E-state index is 11.8. The van der Waals surface area contributed by atoms with E-state index in [0.717, 1.165) is 11.8 Å². The molecule has 19 heavy (non-hydrogen) atoms. The van der Waals surface area contributed by atoms with Gasteiger partial charge in [0.25, 0.3) is 0 Å². The maximum Gasteiger partial charge on any atom is 0.221 e. The van der Waals surface area contributed by atoms with E-state index in [1.807, 2.05) is 20.8 Å². The Morgan fingerprint density at radius 1 is 1.37 bits per heavy atom. The number of thioether (sulfide) groups is 1. The molecule has 0 aromatic rings. The lowest BCUT2D eigenvalue weighted by Crippen LogP contribution is -2.42. The first-order chi connectivity index (χ1) is 8.81. The van der Waals surface area contributed by atoms with Crippen LogP contribution in [0.3, 0.4) is 0 Å². The van der Waals surface area contributed by atoms with Gasteiger partial charge in [0.1, 0.15) is 0 Å². The Labute approximate surface area is 122 Å². The van der Waals surface area contributed by atoms with Crippen LogP contribution < -0.4 is 5.32 Å². The van der Waals surface area contributed by atoms with Crippen molar-refractivity contribution >= 4 is 17.7 Å². The molecule has 0 radical (unpaired) electrons. The van der Waals surface area contributed by atoms with E-state index in [9.17, 15) is 4.79 Å². The molecule has 0 heterocycles. The Hall–Kier alpha value is -0.220. The summed E-state index contributed by atoms with van der Waals surface area (Å²) >= 11 is 2.09. The molecule has 0 saturated heterocycles. The number of nitrogens with zero attached hydrogens (tertiary/aromatic N) is 1. The molecule has 1 saturated carbocycles. The van der Waals surface area contributed by atoms with Crippen molar-refractivity contribution in [3.05, 3.63) is 0 Å². The van der Waals surface area contributed by atoms with Crippen LogP contribution in [0, 0.1) is 0 Å². The second kappa shape index (κ2) is 7.53. The van der Waals surface area contributed by atoms with Gasteiger partial charge in [-0.3, -0.25) is 4.79 Å². The van der Waals surface area contributed by atoms with Crippen LogP contribution in [-0.2, 0) is 4.79 Å². The molecule has 0 aliphatic heterocycles. The molecule has 0 unspecified atom stereocenters. The molecule has 3 nitrogen and oxygen atoms in total. The van der Waals surface area contributed by atoms with E-state index in [1.165, 1.54) is 25.0 Å². The van der Waals surface area contributed by atoms with Crippen LogP contribution in [-0.4, -0.2) is 47.0 Å². The molecule has 1 rings (SSSR count). The third kappa shape index (κ3) is 6.66. The number of rotatable bonds is 6. The highest BCUT2D eigenvalue weighted by Gasteiger charge is 2.27. The smallest absolute Gasteiger partial charge is 0.221 e. The lowest BCUT2D eigenvalue weighted by molar-refractivity contribution is -0.122. The number of hydrogen-bond donors (Lipinski definition) is 1. The van der Waals surface area contributed by atoms with Crippen molar-refractivity contribution in [3.8, 4) is 0 Å². The van der Waals surface area contributed by atoms with Gasteiger partial charge in [0, 0.05) is 29.8 Å². The number of carbonyl (C=O) groups excluding carboxylic acids is 1. The molecular formula is C15H30N2OS. The fourth-order valence-electron chi connectivity index (χ4n) is 2.65. The van der Waals surface area contributed by atoms with Gasteiger partial charge in [-0.1, -0.05) is 6.92 Å². The molecule has 4 heteroatoms. The number of nitrogens with one attached hydrogen (secondary N) is 1.